The van der Waals surface area contributed by atoms with Crippen molar-refractivity contribution in [1.29, 1.82) is 0 Å². The monoisotopic (exact) mass is 533 g/mol. The molecule has 3 aromatic rings. The summed E-state index contributed by atoms with van der Waals surface area (Å²) >= 11 is 3.46. The highest BCUT2D eigenvalue weighted by Gasteiger charge is 2.27. The number of amides is 2. The summed E-state index contributed by atoms with van der Waals surface area (Å²) in [6.07, 6.45) is 5.29. The van der Waals surface area contributed by atoms with E-state index in [0.29, 0.717) is 30.9 Å². The highest BCUT2D eigenvalue weighted by atomic mass is 79.9. The summed E-state index contributed by atoms with van der Waals surface area (Å²) in [5.41, 5.74) is 10.2. The summed E-state index contributed by atoms with van der Waals surface area (Å²) < 4.78 is 0.740. The van der Waals surface area contributed by atoms with Crippen LogP contribution >= 0.6 is 15.9 Å². The lowest BCUT2D eigenvalue weighted by molar-refractivity contribution is -0.137. The molecular formula is C29H32BrN3O2. The molecule has 3 aromatic carbocycles. The van der Waals surface area contributed by atoms with Crippen molar-refractivity contribution in [3.05, 3.63) is 99.5 Å². The third-order valence-electron chi connectivity index (χ3n) is 6.61. The van der Waals surface area contributed by atoms with E-state index in [1.807, 2.05) is 65.6 Å². The van der Waals surface area contributed by atoms with Crippen LogP contribution < -0.4 is 11.1 Å². The van der Waals surface area contributed by atoms with Crippen molar-refractivity contribution in [2.75, 3.05) is 5.32 Å². The number of nitrogens with one attached hydrogen (secondary N) is 1. The van der Waals surface area contributed by atoms with Gasteiger partial charge in [0.2, 0.25) is 5.91 Å². The van der Waals surface area contributed by atoms with Crippen molar-refractivity contribution in [3.63, 3.8) is 0 Å². The minimum atomic E-state index is -0.189. The number of benzene rings is 3. The fraction of sp³-hybridized carbons (Fsp3) is 0.310. The first kappa shape index (κ1) is 25.1. The molecule has 1 fully saturated rings. The fourth-order valence-electron chi connectivity index (χ4n) is 4.72. The maximum absolute atomic E-state index is 13.7. The van der Waals surface area contributed by atoms with Crippen molar-refractivity contribution in [2.24, 2.45) is 11.7 Å². The lowest BCUT2D eigenvalue weighted by Crippen LogP contribution is -2.36. The largest absolute Gasteiger partial charge is 0.334 e. The molecule has 2 amide bonds. The predicted octanol–water partition coefficient (Wildman–Crippen LogP) is 6.27. The number of hydrogen-bond donors (Lipinski definition) is 2. The Morgan fingerprint density at radius 3 is 2.37 bits per heavy atom. The van der Waals surface area contributed by atoms with Crippen LogP contribution in [0.2, 0.25) is 0 Å². The topological polar surface area (TPSA) is 75.4 Å². The second-order valence-corrected chi connectivity index (χ2v) is 10.00. The zero-order valence-corrected chi connectivity index (χ0v) is 21.5. The number of anilines is 1. The molecular weight excluding hydrogens is 502 g/mol. The summed E-state index contributed by atoms with van der Waals surface area (Å²) in [5.74, 6) is 0.0592. The molecule has 1 aliphatic carbocycles. The molecule has 0 heterocycles. The minimum Gasteiger partial charge on any atom is -0.334 e. The molecule has 0 atom stereocenters. The summed E-state index contributed by atoms with van der Waals surface area (Å²) in [7, 11) is 0. The molecule has 0 bridgehead atoms. The fourth-order valence-corrected chi connectivity index (χ4v) is 5.18. The molecule has 0 saturated heterocycles. The molecule has 6 heteroatoms. The standard InChI is InChI=1S/C29H32BrN3O2/c30-26-15-6-5-14-25(26)28(34)32-27-16-7-4-13-24(27)20-33(29(35)23-11-2-1-3-12-23)19-22-10-8-9-21(17-22)18-31/h4-10,13-17,23H,1-3,11-12,18-20,31H2,(H,32,34). The number of para-hydroxylation sites is 1. The normalized spacial score (nSPS) is 13.9. The van der Waals surface area contributed by atoms with E-state index in [9.17, 15) is 9.59 Å². The second-order valence-electron chi connectivity index (χ2n) is 9.14. The molecule has 0 unspecified atom stereocenters. The molecule has 0 aliphatic heterocycles. The van der Waals surface area contributed by atoms with E-state index < -0.39 is 0 Å². The van der Waals surface area contributed by atoms with Gasteiger partial charge in [-0.1, -0.05) is 73.9 Å². The first-order valence-electron chi connectivity index (χ1n) is 12.3. The molecule has 35 heavy (non-hydrogen) atoms. The quantitative estimate of drug-likeness (QED) is 0.358. The lowest BCUT2D eigenvalue weighted by Gasteiger charge is -2.30. The summed E-state index contributed by atoms with van der Waals surface area (Å²) in [4.78, 5) is 28.6. The molecule has 1 saturated carbocycles. The Hall–Kier alpha value is -2.96. The average molecular weight is 534 g/mol. The Bertz CT molecular complexity index is 1170. The zero-order valence-electron chi connectivity index (χ0n) is 19.9. The van der Waals surface area contributed by atoms with E-state index >= 15 is 0 Å². The van der Waals surface area contributed by atoms with Crippen molar-refractivity contribution in [1.82, 2.24) is 4.90 Å². The number of hydrogen-bond acceptors (Lipinski definition) is 3. The maximum Gasteiger partial charge on any atom is 0.256 e. The number of halogens is 1. The molecule has 182 valence electrons. The average Bonchev–Trinajstić information content (AvgIpc) is 2.89. The van der Waals surface area contributed by atoms with E-state index in [2.05, 4.69) is 27.3 Å². The smallest absolute Gasteiger partial charge is 0.256 e. The second kappa shape index (κ2) is 12.1. The van der Waals surface area contributed by atoms with Crippen LogP contribution in [0.25, 0.3) is 0 Å². The third kappa shape index (κ3) is 6.59. The van der Waals surface area contributed by atoms with Crippen molar-refractivity contribution >= 4 is 33.4 Å². The van der Waals surface area contributed by atoms with E-state index in [4.69, 9.17) is 5.73 Å². The SMILES string of the molecule is NCc1cccc(CN(Cc2ccccc2NC(=O)c2ccccc2Br)C(=O)C2CCCCC2)c1. The van der Waals surface area contributed by atoms with Gasteiger partial charge in [-0.2, -0.15) is 0 Å². The lowest BCUT2D eigenvalue weighted by atomic mass is 9.88. The van der Waals surface area contributed by atoms with Gasteiger partial charge in [-0.15, -0.1) is 0 Å². The number of nitrogens with two attached hydrogens (primary N) is 1. The number of nitrogens with zero attached hydrogens (tertiary/aromatic N) is 1. The van der Waals surface area contributed by atoms with Gasteiger partial charge in [0.1, 0.15) is 0 Å². The molecule has 4 rings (SSSR count). The first-order valence-corrected chi connectivity index (χ1v) is 13.0. The van der Waals surface area contributed by atoms with E-state index in [0.717, 1.165) is 46.8 Å². The highest BCUT2D eigenvalue weighted by Crippen LogP contribution is 2.28. The summed E-state index contributed by atoms with van der Waals surface area (Å²) in [6.45, 7) is 1.40. The molecule has 3 N–H and O–H groups in total. The molecule has 0 radical (unpaired) electrons. The van der Waals surface area contributed by atoms with Crippen LogP contribution in [0.4, 0.5) is 5.69 Å². The highest BCUT2D eigenvalue weighted by molar-refractivity contribution is 9.10. The number of carbonyl (C=O) groups is 2. The Kier molecular flexibility index (Phi) is 8.72. The predicted molar refractivity (Wildman–Crippen MR) is 144 cm³/mol. The summed E-state index contributed by atoms with van der Waals surface area (Å²) in [5, 5.41) is 3.05. The Labute approximate surface area is 215 Å². The van der Waals surface area contributed by atoms with Gasteiger partial charge >= 0.3 is 0 Å². The van der Waals surface area contributed by atoms with E-state index in [1.165, 1.54) is 6.42 Å². The Morgan fingerprint density at radius 2 is 1.60 bits per heavy atom. The molecule has 1 aliphatic rings. The summed E-state index contributed by atoms with van der Waals surface area (Å²) in [6, 6.07) is 23.2. The van der Waals surface area contributed by atoms with Crippen LogP contribution in [0.15, 0.2) is 77.3 Å². The van der Waals surface area contributed by atoms with Gasteiger partial charge in [0.25, 0.3) is 5.91 Å². The van der Waals surface area contributed by atoms with Crippen LogP contribution in [0.3, 0.4) is 0 Å². The van der Waals surface area contributed by atoms with Gasteiger partial charge in [0.05, 0.1) is 5.56 Å². The minimum absolute atomic E-state index is 0.0588. The number of rotatable bonds is 8. The van der Waals surface area contributed by atoms with Gasteiger partial charge in [-0.25, -0.2) is 0 Å². The number of carbonyl (C=O) groups excluding carboxylic acids is 2. The molecule has 5 nitrogen and oxygen atoms in total. The zero-order chi connectivity index (χ0) is 24.6. The van der Waals surface area contributed by atoms with E-state index in [-0.39, 0.29) is 17.7 Å². The first-order chi connectivity index (χ1) is 17.0. The van der Waals surface area contributed by atoms with Gasteiger partial charge < -0.3 is 16.0 Å². The van der Waals surface area contributed by atoms with E-state index in [1.54, 1.807) is 6.07 Å². The van der Waals surface area contributed by atoms with Gasteiger partial charge in [-0.05, 0) is 63.7 Å². The van der Waals surface area contributed by atoms with Crippen molar-refractivity contribution < 1.29 is 9.59 Å². The molecule has 0 spiro atoms. The van der Waals surface area contributed by atoms with Crippen LogP contribution in [0.1, 0.15) is 59.2 Å². The van der Waals surface area contributed by atoms with Crippen LogP contribution in [0, 0.1) is 5.92 Å². The van der Waals surface area contributed by atoms with Gasteiger partial charge in [0.15, 0.2) is 0 Å². The van der Waals surface area contributed by atoms with Crippen LogP contribution in [0.5, 0.6) is 0 Å². The Balaban J connectivity index is 1.59. The van der Waals surface area contributed by atoms with Gasteiger partial charge in [-0.3, -0.25) is 9.59 Å². The molecule has 0 aromatic heterocycles. The maximum atomic E-state index is 13.7. The van der Waals surface area contributed by atoms with Crippen molar-refractivity contribution in [3.8, 4) is 0 Å². The Morgan fingerprint density at radius 1 is 0.886 bits per heavy atom. The van der Waals surface area contributed by atoms with Crippen LogP contribution in [-0.4, -0.2) is 16.7 Å². The van der Waals surface area contributed by atoms with Crippen molar-refractivity contribution in [2.45, 2.75) is 51.7 Å². The van der Waals surface area contributed by atoms with Crippen LogP contribution in [-0.2, 0) is 24.4 Å². The van der Waals surface area contributed by atoms with Gasteiger partial charge in [0, 0.05) is 35.7 Å². The third-order valence-corrected chi connectivity index (χ3v) is 7.30.